The number of rotatable bonds is 7. The number of aliphatic imine (C=N–C) groups is 1. The Morgan fingerprint density at radius 2 is 2.27 bits per heavy atom. The highest BCUT2D eigenvalue weighted by atomic mass is 32.1. The van der Waals surface area contributed by atoms with Gasteiger partial charge in [-0.05, 0) is 45.0 Å². The molecule has 0 saturated heterocycles. The smallest absolute Gasteiger partial charge is 0.216 e. The summed E-state index contributed by atoms with van der Waals surface area (Å²) in [7, 11) is 0. The van der Waals surface area contributed by atoms with Crippen LogP contribution in [0.2, 0.25) is 0 Å². The van der Waals surface area contributed by atoms with Crippen molar-refractivity contribution in [3.05, 3.63) is 46.1 Å². The first-order valence-corrected chi connectivity index (χ1v) is 9.51. The van der Waals surface area contributed by atoms with Crippen LogP contribution in [-0.2, 0) is 13.0 Å². The van der Waals surface area contributed by atoms with Gasteiger partial charge in [-0.3, -0.25) is 5.10 Å². The molecule has 0 aliphatic rings. The van der Waals surface area contributed by atoms with Crippen LogP contribution in [0.15, 0.2) is 39.9 Å². The van der Waals surface area contributed by atoms with Gasteiger partial charge in [0.1, 0.15) is 12.4 Å². The van der Waals surface area contributed by atoms with Gasteiger partial charge in [-0.2, -0.15) is 0 Å². The lowest BCUT2D eigenvalue weighted by Crippen LogP contribution is -2.43. The van der Waals surface area contributed by atoms with Gasteiger partial charge in [-0.25, -0.2) is 9.98 Å². The van der Waals surface area contributed by atoms with Gasteiger partial charge in [0.05, 0.1) is 6.26 Å². The average molecular weight is 372 g/mol. The highest BCUT2D eigenvalue weighted by molar-refractivity contribution is 7.11. The van der Waals surface area contributed by atoms with Crippen molar-refractivity contribution in [2.45, 2.75) is 39.8 Å². The minimum atomic E-state index is 0.277. The number of H-pyrrole nitrogens is 1. The van der Waals surface area contributed by atoms with E-state index in [9.17, 15) is 0 Å². The third-order valence-electron chi connectivity index (χ3n) is 3.69. The zero-order valence-electron chi connectivity index (χ0n) is 15.2. The Morgan fingerprint density at radius 1 is 1.38 bits per heavy atom. The molecule has 0 radical (unpaired) electrons. The van der Waals surface area contributed by atoms with E-state index in [-0.39, 0.29) is 6.04 Å². The van der Waals surface area contributed by atoms with Crippen LogP contribution in [0.25, 0.3) is 11.6 Å². The molecule has 3 heterocycles. The molecule has 3 rings (SSSR count). The van der Waals surface area contributed by atoms with Crippen molar-refractivity contribution in [3.8, 4) is 11.6 Å². The molecule has 0 aliphatic heterocycles. The minimum Gasteiger partial charge on any atom is -0.461 e. The first kappa shape index (κ1) is 18.2. The van der Waals surface area contributed by atoms with Crippen LogP contribution in [0.1, 0.15) is 29.4 Å². The van der Waals surface area contributed by atoms with Crippen LogP contribution in [0.3, 0.4) is 0 Å². The minimum absolute atomic E-state index is 0.277. The molecule has 0 bridgehead atoms. The number of thiophene rings is 1. The summed E-state index contributed by atoms with van der Waals surface area (Å²) in [4.78, 5) is 11.7. The predicted octanol–water partition coefficient (Wildman–Crippen LogP) is 3.12. The number of nitrogens with zero attached hydrogens (tertiary/aromatic N) is 3. The number of furan rings is 1. The van der Waals surface area contributed by atoms with Gasteiger partial charge in [0, 0.05) is 28.8 Å². The summed E-state index contributed by atoms with van der Waals surface area (Å²) < 4.78 is 5.30. The van der Waals surface area contributed by atoms with Crippen molar-refractivity contribution in [1.82, 2.24) is 25.8 Å². The van der Waals surface area contributed by atoms with Gasteiger partial charge < -0.3 is 15.1 Å². The Kier molecular flexibility index (Phi) is 6.06. The lowest BCUT2D eigenvalue weighted by Gasteiger charge is -2.17. The number of aromatic amines is 1. The van der Waals surface area contributed by atoms with Crippen LogP contribution < -0.4 is 10.6 Å². The highest BCUT2D eigenvalue weighted by Gasteiger charge is 2.10. The summed E-state index contributed by atoms with van der Waals surface area (Å²) in [5.74, 6) is 2.64. The summed E-state index contributed by atoms with van der Waals surface area (Å²) in [5, 5.41) is 13.8. The second kappa shape index (κ2) is 8.66. The van der Waals surface area contributed by atoms with E-state index in [2.05, 4.69) is 56.8 Å². The third kappa shape index (κ3) is 4.95. The van der Waals surface area contributed by atoms with Crippen LogP contribution in [0, 0.1) is 6.92 Å². The lowest BCUT2D eigenvalue weighted by molar-refractivity contribution is 0.577. The molecule has 8 heteroatoms. The lowest BCUT2D eigenvalue weighted by atomic mass is 10.2. The van der Waals surface area contributed by atoms with Gasteiger partial charge in [0.25, 0.3) is 0 Å². The molecule has 0 aliphatic carbocycles. The fourth-order valence-electron chi connectivity index (χ4n) is 2.54. The van der Waals surface area contributed by atoms with E-state index in [1.807, 2.05) is 30.4 Å². The van der Waals surface area contributed by atoms with Gasteiger partial charge in [-0.15, -0.1) is 16.4 Å². The monoisotopic (exact) mass is 372 g/mol. The molecule has 0 amide bonds. The molecule has 0 fully saturated rings. The number of aryl methyl sites for hydroxylation is 1. The van der Waals surface area contributed by atoms with Crippen molar-refractivity contribution in [1.29, 1.82) is 0 Å². The van der Waals surface area contributed by atoms with Crippen molar-refractivity contribution >= 4 is 17.3 Å². The van der Waals surface area contributed by atoms with Crippen LogP contribution in [0.4, 0.5) is 0 Å². The summed E-state index contributed by atoms with van der Waals surface area (Å²) in [6, 6.07) is 8.27. The number of aromatic nitrogens is 3. The molecule has 1 atom stereocenters. The van der Waals surface area contributed by atoms with E-state index in [0.717, 1.165) is 18.9 Å². The van der Waals surface area contributed by atoms with Crippen LogP contribution in [0.5, 0.6) is 0 Å². The second-order valence-electron chi connectivity index (χ2n) is 6.04. The standard InChI is InChI=1S/C18H24N6OS/c1-4-19-18(21-12(2)10-14-8-7-13(3)26-14)20-11-16-22-17(24-23-16)15-6-5-9-25-15/h5-9,12H,4,10-11H2,1-3H3,(H2,19,20,21)(H,22,23,24). The number of nitrogens with one attached hydrogen (secondary N) is 3. The Hall–Kier alpha value is -2.61. The first-order valence-electron chi connectivity index (χ1n) is 8.69. The molecular weight excluding hydrogens is 348 g/mol. The van der Waals surface area contributed by atoms with Gasteiger partial charge >= 0.3 is 0 Å². The predicted molar refractivity (Wildman–Crippen MR) is 104 cm³/mol. The van der Waals surface area contributed by atoms with Crippen LogP contribution >= 0.6 is 11.3 Å². The van der Waals surface area contributed by atoms with Gasteiger partial charge in [0.2, 0.25) is 5.82 Å². The SMILES string of the molecule is CCNC(=NCc1nc(-c2ccco2)n[nH]1)NC(C)Cc1ccc(C)s1. The van der Waals surface area contributed by atoms with Crippen molar-refractivity contribution in [3.63, 3.8) is 0 Å². The van der Waals surface area contributed by atoms with E-state index >= 15 is 0 Å². The Labute approximate surface area is 157 Å². The zero-order chi connectivity index (χ0) is 18.4. The molecule has 3 aromatic rings. The topological polar surface area (TPSA) is 91.1 Å². The molecule has 26 heavy (non-hydrogen) atoms. The fraction of sp³-hybridized carbons (Fsp3) is 0.389. The fourth-order valence-corrected chi connectivity index (χ4v) is 3.56. The second-order valence-corrected chi connectivity index (χ2v) is 7.41. The van der Waals surface area contributed by atoms with E-state index in [1.165, 1.54) is 9.75 Å². The van der Waals surface area contributed by atoms with Crippen molar-refractivity contribution in [2.24, 2.45) is 4.99 Å². The van der Waals surface area contributed by atoms with E-state index in [0.29, 0.717) is 24.0 Å². The Bertz CT molecular complexity index is 836. The Balaban J connectivity index is 1.59. The van der Waals surface area contributed by atoms with Gasteiger partial charge in [-0.1, -0.05) is 0 Å². The number of guanidine groups is 1. The number of hydrogen-bond acceptors (Lipinski definition) is 5. The van der Waals surface area contributed by atoms with E-state index < -0.39 is 0 Å². The average Bonchev–Trinajstić information content (AvgIpc) is 3.34. The molecule has 0 saturated carbocycles. The normalized spacial score (nSPS) is 13.0. The molecule has 3 N–H and O–H groups in total. The van der Waals surface area contributed by atoms with Crippen molar-refractivity contribution in [2.75, 3.05) is 6.54 Å². The summed E-state index contributed by atoms with van der Waals surface area (Å²) >= 11 is 1.84. The number of hydrogen-bond donors (Lipinski definition) is 3. The molecule has 7 nitrogen and oxygen atoms in total. The maximum Gasteiger partial charge on any atom is 0.216 e. The molecule has 0 aromatic carbocycles. The molecule has 3 aromatic heterocycles. The Morgan fingerprint density at radius 3 is 2.96 bits per heavy atom. The van der Waals surface area contributed by atoms with Gasteiger partial charge in [0.15, 0.2) is 11.7 Å². The highest BCUT2D eigenvalue weighted by Crippen LogP contribution is 2.17. The maximum absolute atomic E-state index is 5.30. The third-order valence-corrected chi connectivity index (χ3v) is 4.71. The molecule has 138 valence electrons. The summed E-state index contributed by atoms with van der Waals surface area (Å²) in [6.45, 7) is 7.55. The molecular formula is C18H24N6OS. The summed E-state index contributed by atoms with van der Waals surface area (Å²) in [5.41, 5.74) is 0. The van der Waals surface area contributed by atoms with Crippen LogP contribution in [-0.4, -0.2) is 33.7 Å². The van der Waals surface area contributed by atoms with E-state index in [4.69, 9.17) is 4.42 Å². The molecule has 0 spiro atoms. The summed E-state index contributed by atoms with van der Waals surface area (Å²) in [6.07, 6.45) is 2.57. The first-order chi connectivity index (χ1) is 12.6. The zero-order valence-corrected chi connectivity index (χ0v) is 16.1. The largest absolute Gasteiger partial charge is 0.461 e. The molecule has 1 unspecified atom stereocenters. The maximum atomic E-state index is 5.30. The quantitative estimate of drug-likeness (QED) is 0.438. The van der Waals surface area contributed by atoms with E-state index in [1.54, 1.807) is 6.26 Å². The van der Waals surface area contributed by atoms with Crippen molar-refractivity contribution < 1.29 is 4.42 Å².